The normalized spacial score (nSPS) is 17.5. The Kier molecular flexibility index (Phi) is 5.95. The number of rotatable bonds is 6. The molecule has 1 aromatic rings. The van der Waals surface area contributed by atoms with Crippen molar-refractivity contribution in [3.05, 3.63) is 46.9 Å². The first-order valence-corrected chi connectivity index (χ1v) is 8.17. The number of ether oxygens (including phenoxy) is 1. The van der Waals surface area contributed by atoms with E-state index in [1.54, 1.807) is 19.1 Å². The lowest BCUT2D eigenvalue weighted by Crippen LogP contribution is -2.45. The number of carbonyl (C=O) groups excluding carboxylic acids is 2. The van der Waals surface area contributed by atoms with Crippen molar-refractivity contribution in [3.8, 4) is 0 Å². The molecule has 2 N–H and O–H groups in total. The minimum Gasteiger partial charge on any atom is -0.462 e. The number of halogens is 1. The van der Waals surface area contributed by atoms with Crippen LogP contribution < -0.4 is 10.6 Å². The number of allylic oxidation sites excluding steroid dienone is 1. The minimum atomic E-state index is -0.733. The highest BCUT2D eigenvalue weighted by molar-refractivity contribution is 5.95. The van der Waals surface area contributed by atoms with Crippen LogP contribution in [0.1, 0.15) is 45.2 Å². The maximum absolute atomic E-state index is 13.5. The maximum Gasteiger partial charge on any atom is 0.338 e. The Labute approximate surface area is 141 Å². The summed E-state index contributed by atoms with van der Waals surface area (Å²) in [5.41, 5.74) is 1.22. The summed E-state index contributed by atoms with van der Waals surface area (Å²) in [5.74, 6) is -0.627. The zero-order chi connectivity index (χ0) is 17.7. The van der Waals surface area contributed by atoms with Crippen molar-refractivity contribution in [2.45, 2.75) is 39.7 Å². The Bertz CT molecular complexity index is 653. The van der Waals surface area contributed by atoms with Crippen LogP contribution in [-0.2, 0) is 9.53 Å². The maximum atomic E-state index is 13.5. The number of urea groups is 1. The molecular formula is C18H23FN2O3. The third-order valence-electron chi connectivity index (χ3n) is 4.28. The van der Waals surface area contributed by atoms with Crippen LogP contribution in [0.2, 0.25) is 0 Å². The Morgan fingerprint density at radius 1 is 1.33 bits per heavy atom. The van der Waals surface area contributed by atoms with Crippen LogP contribution in [0.25, 0.3) is 0 Å². The molecule has 0 aromatic heterocycles. The summed E-state index contributed by atoms with van der Waals surface area (Å²) in [6.45, 7) is 6.06. The molecule has 0 aliphatic carbocycles. The second-order valence-corrected chi connectivity index (χ2v) is 5.91. The first-order valence-electron chi connectivity index (χ1n) is 8.17. The molecule has 1 aliphatic heterocycles. The summed E-state index contributed by atoms with van der Waals surface area (Å²) < 4.78 is 19.0. The topological polar surface area (TPSA) is 67.4 Å². The molecular weight excluding hydrogens is 311 g/mol. The zero-order valence-electron chi connectivity index (χ0n) is 14.2. The van der Waals surface area contributed by atoms with E-state index in [0.717, 1.165) is 12.8 Å². The fourth-order valence-electron chi connectivity index (χ4n) is 2.70. The van der Waals surface area contributed by atoms with E-state index in [9.17, 15) is 14.0 Å². The standard InChI is InChI=1S/C18H23FN2O3/c1-4-12(5-2)10-24-17(22)15-11(3)20-18(23)21-16(15)13-7-6-8-14(19)9-13/h6-9,12,16H,4-5,10H2,1-3H3,(H2,20,21,23)/t16-/m1/s1. The van der Waals surface area contributed by atoms with Crippen molar-refractivity contribution in [3.63, 3.8) is 0 Å². The molecule has 5 nitrogen and oxygen atoms in total. The molecule has 1 atom stereocenters. The molecule has 2 rings (SSSR count). The van der Waals surface area contributed by atoms with Gasteiger partial charge in [-0.25, -0.2) is 14.0 Å². The van der Waals surface area contributed by atoms with Crippen LogP contribution in [0.15, 0.2) is 35.5 Å². The molecule has 0 spiro atoms. The zero-order valence-corrected chi connectivity index (χ0v) is 14.2. The molecule has 0 fully saturated rings. The van der Waals surface area contributed by atoms with Gasteiger partial charge in [-0.15, -0.1) is 0 Å². The monoisotopic (exact) mass is 334 g/mol. The van der Waals surface area contributed by atoms with Gasteiger partial charge in [-0.1, -0.05) is 38.8 Å². The number of carbonyl (C=O) groups is 2. The Balaban J connectivity index is 2.27. The van der Waals surface area contributed by atoms with E-state index in [2.05, 4.69) is 10.6 Å². The van der Waals surface area contributed by atoms with Crippen LogP contribution in [-0.4, -0.2) is 18.6 Å². The molecule has 24 heavy (non-hydrogen) atoms. The lowest BCUT2D eigenvalue weighted by Gasteiger charge is -2.28. The van der Waals surface area contributed by atoms with Crippen LogP contribution in [0.3, 0.4) is 0 Å². The van der Waals surface area contributed by atoms with Gasteiger partial charge in [0.1, 0.15) is 5.82 Å². The average Bonchev–Trinajstić information content (AvgIpc) is 2.54. The van der Waals surface area contributed by atoms with Gasteiger partial charge in [0, 0.05) is 5.70 Å². The second kappa shape index (κ2) is 7.95. The van der Waals surface area contributed by atoms with Gasteiger partial charge in [0.25, 0.3) is 0 Å². The van der Waals surface area contributed by atoms with Gasteiger partial charge in [0.05, 0.1) is 18.2 Å². The number of amides is 2. The van der Waals surface area contributed by atoms with Crippen molar-refractivity contribution >= 4 is 12.0 Å². The molecule has 130 valence electrons. The quantitative estimate of drug-likeness (QED) is 0.783. The van der Waals surface area contributed by atoms with Gasteiger partial charge in [0.15, 0.2) is 0 Å². The van der Waals surface area contributed by atoms with E-state index in [1.165, 1.54) is 12.1 Å². The van der Waals surface area contributed by atoms with Crippen molar-refractivity contribution in [2.75, 3.05) is 6.61 Å². The van der Waals surface area contributed by atoms with Crippen molar-refractivity contribution in [2.24, 2.45) is 5.92 Å². The molecule has 0 saturated heterocycles. The second-order valence-electron chi connectivity index (χ2n) is 5.91. The Morgan fingerprint density at radius 3 is 2.67 bits per heavy atom. The number of benzene rings is 1. The highest BCUT2D eigenvalue weighted by Gasteiger charge is 2.32. The van der Waals surface area contributed by atoms with Gasteiger partial charge >= 0.3 is 12.0 Å². The Morgan fingerprint density at radius 2 is 2.04 bits per heavy atom. The largest absolute Gasteiger partial charge is 0.462 e. The first-order chi connectivity index (χ1) is 11.5. The van der Waals surface area contributed by atoms with Crippen molar-refractivity contribution in [1.82, 2.24) is 10.6 Å². The highest BCUT2D eigenvalue weighted by atomic mass is 19.1. The molecule has 0 bridgehead atoms. The smallest absolute Gasteiger partial charge is 0.338 e. The van der Waals surface area contributed by atoms with Crippen LogP contribution in [0.5, 0.6) is 0 Å². The van der Waals surface area contributed by atoms with Gasteiger partial charge in [-0.05, 0) is 30.5 Å². The van der Waals surface area contributed by atoms with E-state index in [0.29, 0.717) is 29.4 Å². The summed E-state index contributed by atoms with van der Waals surface area (Å²) in [5, 5.41) is 5.24. The van der Waals surface area contributed by atoms with Gasteiger partial charge in [-0.3, -0.25) is 0 Å². The first kappa shape index (κ1) is 18.0. The number of esters is 1. The van der Waals surface area contributed by atoms with E-state index in [4.69, 9.17) is 4.74 Å². The van der Waals surface area contributed by atoms with E-state index >= 15 is 0 Å². The summed E-state index contributed by atoms with van der Waals surface area (Å²) >= 11 is 0. The third kappa shape index (κ3) is 4.13. The molecule has 1 aliphatic rings. The molecule has 2 amide bonds. The summed E-state index contributed by atoms with van der Waals surface area (Å²) in [4.78, 5) is 24.3. The van der Waals surface area contributed by atoms with E-state index < -0.39 is 23.9 Å². The lowest BCUT2D eigenvalue weighted by atomic mass is 9.95. The third-order valence-corrected chi connectivity index (χ3v) is 4.28. The lowest BCUT2D eigenvalue weighted by molar-refractivity contribution is -0.141. The Hall–Kier alpha value is -2.37. The average molecular weight is 334 g/mol. The molecule has 0 radical (unpaired) electrons. The summed E-state index contributed by atoms with van der Waals surface area (Å²) in [6, 6.07) is 4.66. The van der Waals surface area contributed by atoms with Crippen LogP contribution in [0.4, 0.5) is 9.18 Å². The minimum absolute atomic E-state index is 0.297. The fourth-order valence-corrected chi connectivity index (χ4v) is 2.70. The predicted octanol–water partition coefficient (Wildman–Crippen LogP) is 3.43. The van der Waals surface area contributed by atoms with Gasteiger partial charge < -0.3 is 15.4 Å². The number of hydrogen-bond donors (Lipinski definition) is 2. The molecule has 0 saturated carbocycles. The van der Waals surface area contributed by atoms with Crippen molar-refractivity contribution < 1.29 is 18.7 Å². The van der Waals surface area contributed by atoms with E-state index in [1.807, 2.05) is 13.8 Å². The van der Waals surface area contributed by atoms with E-state index in [-0.39, 0.29) is 0 Å². The number of nitrogens with one attached hydrogen (secondary N) is 2. The van der Waals surface area contributed by atoms with Gasteiger partial charge in [0.2, 0.25) is 0 Å². The van der Waals surface area contributed by atoms with Crippen LogP contribution in [0, 0.1) is 11.7 Å². The molecule has 1 heterocycles. The fraction of sp³-hybridized carbons (Fsp3) is 0.444. The molecule has 1 aromatic carbocycles. The van der Waals surface area contributed by atoms with Gasteiger partial charge in [-0.2, -0.15) is 0 Å². The van der Waals surface area contributed by atoms with Crippen molar-refractivity contribution in [1.29, 1.82) is 0 Å². The SMILES string of the molecule is CCC(CC)COC(=O)C1=C(C)NC(=O)N[C@@H]1c1cccc(F)c1. The predicted molar refractivity (Wildman–Crippen MR) is 88.5 cm³/mol. The summed E-state index contributed by atoms with van der Waals surface area (Å²) in [6.07, 6.45) is 1.84. The highest BCUT2D eigenvalue weighted by Crippen LogP contribution is 2.28. The number of hydrogen-bond acceptors (Lipinski definition) is 3. The molecule has 6 heteroatoms. The molecule has 0 unspecified atom stereocenters. The summed E-state index contributed by atoms with van der Waals surface area (Å²) in [7, 11) is 0. The van der Waals surface area contributed by atoms with Crippen LogP contribution >= 0.6 is 0 Å².